The molecule has 3 heteroatoms. The lowest BCUT2D eigenvalue weighted by Gasteiger charge is -2.05. The molecule has 2 aromatic rings. The Hall–Kier alpha value is -1.32. The number of nitrogens with zero attached hydrogens (tertiary/aromatic N) is 1. The maximum Gasteiger partial charge on any atom is 0.0483 e. The average molecular weight is 274 g/mol. The third-order valence-electron chi connectivity index (χ3n) is 3.58. The Morgan fingerprint density at radius 3 is 2.85 bits per heavy atom. The van der Waals surface area contributed by atoms with Crippen LogP contribution >= 0.6 is 0 Å². The highest BCUT2D eigenvalue weighted by Gasteiger charge is 2.07. The van der Waals surface area contributed by atoms with Crippen molar-refractivity contribution in [3.63, 3.8) is 0 Å². The molecule has 1 aromatic heterocycles. The number of hydrogen-bond acceptors (Lipinski definition) is 2. The van der Waals surface area contributed by atoms with Crippen molar-refractivity contribution in [3.8, 4) is 0 Å². The van der Waals surface area contributed by atoms with Crippen molar-refractivity contribution >= 4 is 10.9 Å². The normalized spacial score (nSPS) is 11.3. The van der Waals surface area contributed by atoms with Crippen LogP contribution in [-0.4, -0.2) is 30.9 Å². The van der Waals surface area contributed by atoms with E-state index in [4.69, 9.17) is 4.74 Å². The number of aromatic nitrogens is 1. The van der Waals surface area contributed by atoms with Crippen LogP contribution in [0.15, 0.2) is 30.5 Å². The van der Waals surface area contributed by atoms with Gasteiger partial charge in [-0.2, -0.15) is 0 Å². The first-order valence-electron chi connectivity index (χ1n) is 7.72. The second kappa shape index (κ2) is 8.08. The lowest BCUT2D eigenvalue weighted by molar-refractivity contribution is 0.142. The van der Waals surface area contributed by atoms with E-state index in [0.29, 0.717) is 0 Å². The summed E-state index contributed by atoms with van der Waals surface area (Å²) in [6.45, 7) is 8.95. The van der Waals surface area contributed by atoms with Crippen molar-refractivity contribution < 1.29 is 4.74 Å². The van der Waals surface area contributed by atoms with Crippen molar-refractivity contribution in [2.24, 2.45) is 0 Å². The van der Waals surface area contributed by atoms with Crippen molar-refractivity contribution in [1.29, 1.82) is 0 Å². The number of likely N-dealkylation sites (N-methyl/N-ethyl adjacent to an activating group) is 1. The smallest absolute Gasteiger partial charge is 0.0483 e. The molecule has 0 saturated carbocycles. The van der Waals surface area contributed by atoms with Gasteiger partial charge in [-0.1, -0.05) is 25.1 Å². The molecule has 1 aromatic carbocycles. The van der Waals surface area contributed by atoms with Gasteiger partial charge in [-0.3, -0.25) is 0 Å². The number of fused-ring (bicyclic) bond motifs is 1. The largest absolute Gasteiger partial charge is 0.382 e. The van der Waals surface area contributed by atoms with Crippen molar-refractivity contribution in [1.82, 2.24) is 9.88 Å². The van der Waals surface area contributed by atoms with Crippen LogP contribution in [0.5, 0.6) is 0 Å². The quantitative estimate of drug-likeness (QED) is 0.711. The first kappa shape index (κ1) is 15.1. The van der Waals surface area contributed by atoms with Crippen molar-refractivity contribution in [2.45, 2.75) is 33.2 Å². The fraction of sp³-hybridized carbons (Fsp3) is 0.529. The van der Waals surface area contributed by atoms with Crippen LogP contribution in [0.2, 0.25) is 0 Å². The van der Waals surface area contributed by atoms with Crippen LogP contribution in [0, 0.1) is 0 Å². The first-order chi connectivity index (χ1) is 9.86. The maximum absolute atomic E-state index is 5.43. The molecule has 0 bridgehead atoms. The number of benzene rings is 1. The van der Waals surface area contributed by atoms with Gasteiger partial charge in [-0.15, -0.1) is 0 Å². The van der Waals surface area contributed by atoms with Crippen LogP contribution < -0.4 is 5.32 Å². The third kappa shape index (κ3) is 3.84. The molecule has 20 heavy (non-hydrogen) atoms. The molecule has 0 spiro atoms. The minimum Gasteiger partial charge on any atom is -0.382 e. The summed E-state index contributed by atoms with van der Waals surface area (Å²) in [7, 11) is 0. The third-order valence-corrected chi connectivity index (χ3v) is 3.58. The molecular formula is C17H26N2O. The van der Waals surface area contributed by atoms with Gasteiger partial charge in [0.1, 0.15) is 0 Å². The highest BCUT2D eigenvalue weighted by molar-refractivity contribution is 5.84. The monoisotopic (exact) mass is 274 g/mol. The fourth-order valence-corrected chi connectivity index (χ4v) is 2.59. The zero-order valence-corrected chi connectivity index (χ0v) is 12.7. The van der Waals surface area contributed by atoms with Gasteiger partial charge < -0.3 is 14.6 Å². The van der Waals surface area contributed by atoms with Gasteiger partial charge in [0.15, 0.2) is 0 Å². The predicted molar refractivity (Wildman–Crippen MR) is 85.3 cm³/mol. The van der Waals surface area contributed by atoms with Crippen molar-refractivity contribution in [3.05, 3.63) is 36.0 Å². The molecule has 0 radical (unpaired) electrons. The molecule has 1 heterocycles. The second-order valence-electron chi connectivity index (χ2n) is 5.02. The SMILES string of the molecule is CCNCCc1cn(CCCOCC)c2ccccc12. The van der Waals surface area contributed by atoms with E-state index >= 15 is 0 Å². The van der Waals surface area contributed by atoms with Crippen molar-refractivity contribution in [2.75, 3.05) is 26.3 Å². The molecule has 2 rings (SSSR count). The molecule has 0 saturated heterocycles. The molecule has 3 nitrogen and oxygen atoms in total. The fourth-order valence-electron chi connectivity index (χ4n) is 2.59. The Morgan fingerprint density at radius 1 is 1.20 bits per heavy atom. The summed E-state index contributed by atoms with van der Waals surface area (Å²) in [6.07, 6.45) is 4.47. The van der Waals surface area contributed by atoms with E-state index in [1.807, 2.05) is 6.92 Å². The van der Waals surface area contributed by atoms with Gasteiger partial charge in [0.05, 0.1) is 0 Å². The van der Waals surface area contributed by atoms with Gasteiger partial charge in [-0.25, -0.2) is 0 Å². The molecule has 0 aliphatic heterocycles. The molecule has 0 aliphatic carbocycles. The maximum atomic E-state index is 5.43. The summed E-state index contributed by atoms with van der Waals surface area (Å²) in [5, 5.41) is 4.79. The molecular weight excluding hydrogens is 248 g/mol. The summed E-state index contributed by atoms with van der Waals surface area (Å²) in [4.78, 5) is 0. The predicted octanol–water partition coefficient (Wildman–Crippen LogP) is 3.22. The molecule has 0 unspecified atom stereocenters. The van der Waals surface area contributed by atoms with Crippen LogP contribution in [0.3, 0.4) is 0 Å². The minimum absolute atomic E-state index is 0.806. The zero-order chi connectivity index (χ0) is 14.2. The number of aryl methyl sites for hydroxylation is 1. The topological polar surface area (TPSA) is 26.2 Å². The summed E-state index contributed by atoms with van der Waals surface area (Å²) >= 11 is 0. The van der Waals surface area contributed by atoms with E-state index in [2.05, 4.69) is 47.3 Å². The Bertz CT molecular complexity index is 519. The highest BCUT2D eigenvalue weighted by Crippen LogP contribution is 2.22. The lowest BCUT2D eigenvalue weighted by Crippen LogP contribution is -2.15. The standard InChI is InChI=1S/C17H26N2O/c1-3-18-11-10-15-14-19(12-7-13-20-4-2)17-9-6-5-8-16(15)17/h5-6,8-9,14,18H,3-4,7,10-13H2,1-2H3. The molecule has 0 atom stereocenters. The minimum atomic E-state index is 0.806. The van der Waals surface area contributed by atoms with Gasteiger partial charge in [0.25, 0.3) is 0 Å². The summed E-state index contributed by atoms with van der Waals surface area (Å²) in [5.41, 5.74) is 2.79. The lowest BCUT2D eigenvalue weighted by atomic mass is 10.1. The van der Waals surface area contributed by atoms with Crippen LogP contribution in [-0.2, 0) is 17.7 Å². The number of hydrogen-bond donors (Lipinski definition) is 1. The summed E-state index contributed by atoms with van der Waals surface area (Å²) in [5.74, 6) is 0. The Kier molecular flexibility index (Phi) is 6.09. The van der Waals surface area contributed by atoms with E-state index in [0.717, 1.165) is 45.7 Å². The Balaban J connectivity index is 2.09. The van der Waals surface area contributed by atoms with Crippen LogP contribution in [0.25, 0.3) is 10.9 Å². The van der Waals surface area contributed by atoms with Crippen LogP contribution in [0.1, 0.15) is 25.8 Å². The van der Waals surface area contributed by atoms with Gasteiger partial charge in [0.2, 0.25) is 0 Å². The Labute approximate surface area is 121 Å². The first-order valence-corrected chi connectivity index (χ1v) is 7.72. The van der Waals surface area contributed by atoms with E-state index in [1.54, 1.807) is 0 Å². The number of ether oxygens (including phenoxy) is 1. The summed E-state index contributed by atoms with van der Waals surface area (Å²) in [6, 6.07) is 8.70. The van der Waals surface area contributed by atoms with Gasteiger partial charge in [-0.05, 0) is 44.5 Å². The molecule has 0 aliphatic rings. The van der Waals surface area contributed by atoms with E-state index < -0.39 is 0 Å². The highest BCUT2D eigenvalue weighted by atomic mass is 16.5. The second-order valence-corrected chi connectivity index (χ2v) is 5.02. The molecule has 0 amide bonds. The van der Waals surface area contributed by atoms with Crippen LogP contribution in [0.4, 0.5) is 0 Å². The summed E-state index contributed by atoms with van der Waals surface area (Å²) < 4.78 is 7.80. The Morgan fingerprint density at radius 2 is 2.05 bits per heavy atom. The van der Waals surface area contributed by atoms with E-state index in [1.165, 1.54) is 16.5 Å². The zero-order valence-electron chi connectivity index (χ0n) is 12.7. The number of para-hydroxylation sites is 1. The average Bonchev–Trinajstić information content (AvgIpc) is 2.83. The van der Waals surface area contributed by atoms with E-state index in [-0.39, 0.29) is 0 Å². The van der Waals surface area contributed by atoms with Gasteiger partial charge in [0, 0.05) is 36.9 Å². The number of nitrogens with one attached hydrogen (secondary N) is 1. The molecule has 0 fully saturated rings. The number of rotatable bonds is 9. The molecule has 1 N–H and O–H groups in total. The van der Waals surface area contributed by atoms with E-state index in [9.17, 15) is 0 Å². The molecule has 110 valence electrons. The van der Waals surface area contributed by atoms with Gasteiger partial charge >= 0.3 is 0 Å².